The molecule has 2 N–H and O–H groups in total. The SMILES string of the molecule is CCOC(=O)COc1ccccc1/C=N\Nc1nnc2c(n1)[nH]c1ccccc12. The molecule has 0 atom stereocenters. The van der Waals surface area contributed by atoms with E-state index in [0.717, 1.165) is 10.9 Å². The third kappa shape index (κ3) is 4.13. The average Bonchev–Trinajstić information content (AvgIpc) is 3.11. The van der Waals surface area contributed by atoms with Gasteiger partial charge in [0.2, 0.25) is 0 Å². The predicted octanol–water partition coefficient (Wildman–Crippen LogP) is 2.89. The van der Waals surface area contributed by atoms with Gasteiger partial charge in [-0.15, -0.1) is 10.2 Å². The zero-order chi connectivity index (χ0) is 20.1. The summed E-state index contributed by atoms with van der Waals surface area (Å²) in [5, 5.41) is 13.4. The molecule has 0 radical (unpaired) electrons. The van der Waals surface area contributed by atoms with Crippen LogP contribution >= 0.6 is 0 Å². The number of nitrogens with zero attached hydrogens (tertiary/aromatic N) is 4. The molecule has 2 aromatic carbocycles. The smallest absolute Gasteiger partial charge is 0.344 e. The van der Waals surface area contributed by atoms with Crippen molar-refractivity contribution in [3.63, 3.8) is 0 Å². The molecule has 0 amide bonds. The number of carbonyl (C=O) groups is 1. The number of ether oxygens (including phenoxy) is 2. The van der Waals surface area contributed by atoms with Crippen molar-refractivity contribution in [3.8, 4) is 5.75 Å². The normalized spacial score (nSPS) is 11.2. The molecular weight excluding hydrogens is 372 g/mol. The Morgan fingerprint density at radius 3 is 2.90 bits per heavy atom. The molecule has 0 saturated heterocycles. The molecule has 4 rings (SSSR count). The van der Waals surface area contributed by atoms with Crippen molar-refractivity contribution in [3.05, 3.63) is 54.1 Å². The van der Waals surface area contributed by atoms with E-state index in [9.17, 15) is 4.79 Å². The van der Waals surface area contributed by atoms with Gasteiger partial charge in [0, 0.05) is 16.5 Å². The van der Waals surface area contributed by atoms with Crippen LogP contribution in [0.1, 0.15) is 12.5 Å². The number of fused-ring (bicyclic) bond motifs is 3. The third-order valence-electron chi connectivity index (χ3n) is 4.06. The van der Waals surface area contributed by atoms with Crippen molar-refractivity contribution in [2.75, 3.05) is 18.6 Å². The summed E-state index contributed by atoms with van der Waals surface area (Å²) in [7, 11) is 0. The number of carbonyl (C=O) groups excluding carboxylic acids is 1. The highest BCUT2D eigenvalue weighted by Gasteiger charge is 2.08. The Labute approximate surface area is 165 Å². The van der Waals surface area contributed by atoms with E-state index in [1.54, 1.807) is 19.2 Å². The van der Waals surface area contributed by atoms with Crippen LogP contribution in [0.5, 0.6) is 5.75 Å². The molecule has 0 bridgehead atoms. The standard InChI is InChI=1S/C20H18N6O3/c1-2-28-17(27)12-29-16-10-6-3-7-13(16)11-21-25-20-23-19-18(24-26-20)14-8-4-5-9-15(14)22-19/h3-11H,2,12H2,1H3,(H2,22,23,25,26)/b21-11-. The summed E-state index contributed by atoms with van der Waals surface area (Å²) in [6, 6.07) is 15.0. The first-order chi connectivity index (χ1) is 14.2. The lowest BCUT2D eigenvalue weighted by atomic mass is 10.2. The summed E-state index contributed by atoms with van der Waals surface area (Å²) in [4.78, 5) is 19.1. The Hall–Kier alpha value is -4.01. The quantitative estimate of drug-likeness (QED) is 0.283. The molecule has 0 aliphatic heterocycles. The molecule has 2 heterocycles. The van der Waals surface area contributed by atoms with Crippen LogP contribution in [0.15, 0.2) is 53.6 Å². The van der Waals surface area contributed by atoms with E-state index in [1.165, 1.54) is 0 Å². The van der Waals surface area contributed by atoms with Gasteiger partial charge in [0.25, 0.3) is 5.95 Å². The van der Waals surface area contributed by atoms with Gasteiger partial charge in [0.1, 0.15) is 11.3 Å². The average molecular weight is 390 g/mol. The molecule has 146 valence electrons. The van der Waals surface area contributed by atoms with E-state index in [2.05, 4.69) is 30.7 Å². The number of esters is 1. The number of hydrogen-bond donors (Lipinski definition) is 2. The number of aromatic nitrogens is 4. The third-order valence-corrected chi connectivity index (χ3v) is 4.06. The second-order valence-corrected chi connectivity index (χ2v) is 6.00. The maximum Gasteiger partial charge on any atom is 0.344 e. The molecule has 9 heteroatoms. The Kier molecular flexibility index (Phi) is 5.28. The minimum Gasteiger partial charge on any atom is -0.481 e. The summed E-state index contributed by atoms with van der Waals surface area (Å²) in [6.07, 6.45) is 1.55. The van der Waals surface area contributed by atoms with E-state index in [-0.39, 0.29) is 12.6 Å². The number of para-hydroxylation sites is 2. The number of nitrogens with one attached hydrogen (secondary N) is 2. The van der Waals surface area contributed by atoms with Gasteiger partial charge in [-0.25, -0.2) is 10.2 Å². The molecule has 0 aliphatic carbocycles. The summed E-state index contributed by atoms with van der Waals surface area (Å²) >= 11 is 0. The monoisotopic (exact) mass is 390 g/mol. The predicted molar refractivity (Wildman–Crippen MR) is 109 cm³/mol. The highest BCUT2D eigenvalue weighted by atomic mass is 16.6. The Morgan fingerprint density at radius 2 is 2.00 bits per heavy atom. The number of H-pyrrole nitrogens is 1. The van der Waals surface area contributed by atoms with E-state index >= 15 is 0 Å². The second kappa shape index (κ2) is 8.34. The van der Waals surface area contributed by atoms with Crippen LogP contribution in [-0.4, -0.2) is 45.6 Å². The maximum absolute atomic E-state index is 11.5. The molecule has 0 saturated carbocycles. The van der Waals surface area contributed by atoms with Gasteiger partial charge in [-0.1, -0.05) is 30.3 Å². The fourth-order valence-corrected chi connectivity index (χ4v) is 2.79. The van der Waals surface area contributed by atoms with Crippen molar-refractivity contribution in [1.29, 1.82) is 0 Å². The van der Waals surface area contributed by atoms with Crippen LogP contribution < -0.4 is 10.2 Å². The van der Waals surface area contributed by atoms with Crippen molar-refractivity contribution < 1.29 is 14.3 Å². The molecule has 2 aromatic heterocycles. The number of anilines is 1. The molecule has 4 aromatic rings. The summed E-state index contributed by atoms with van der Waals surface area (Å²) in [5.41, 5.74) is 5.71. The lowest BCUT2D eigenvalue weighted by Crippen LogP contribution is -2.15. The Bertz CT molecular complexity index is 1190. The van der Waals surface area contributed by atoms with Crippen molar-refractivity contribution in [2.45, 2.75) is 6.92 Å². The summed E-state index contributed by atoms with van der Waals surface area (Å²) < 4.78 is 10.4. The van der Waals surface area contributed by atoms with Gasteiger partial charge < -0.3 is 14.5 Å². The molecule has 9 nitrogen and oxygen atoms in total. The molecule has 0 unspecified atom stereocenters. The van der Waals surface area contributed by atoms with Crippen LogP contribution in [0.25, 0.3) is 22.1 Å². The summed E-state index contributed by atoms with van der Waals surface area (Å²) in [6.45, 7) is 1.88. The first-order valence-electron chi connectivity index (χ1n) is 9.02. The van der Waals surface area contributed by atoms with E-state index in [1.807, 2.05) is 42.5 Å². The first kappa shape index (κ1) is 18.4. The molecule has 0 fully saturated rings. The van der Waals surface area contributed by atoms with Gasteiger partial charge in [0.05, 0.1) is 12.8 Å². The number of hydrazone groups is 1. The fourth-order valence-electron chi connectivity index (χ4n) is 2.79. The highest BCUT2D eigenvalue weighted by molar-refractivity contribution is 6.03. The Balaban J connectivity index is 1.47. The number of aromatic amines is 1. The highest BCUT2D eigenvalue weighted by Crippen LogP contribution is 2.22. The van der Waals surface area contributed by atoms with Crippen LogP contribution in [0.4, 0.5) is 5.95 Å². The lowest BCUT2D eigenvalue weighted by Gasteiger charge is -2.08. The van der Waals surface area contributed by atoms with Crippen LogP contribution in [0.3, 0.4) is 0 Å². The van der Waals surface area contributed by atoms with Gasteiger partial charge in [-0.2, -0.15) is 10.1 Å². The molecule has 0 spiro atoms. The second-order valence-electron chi connectivity index (χ2n) is 6.00. The number of benzene rings is 2. The van der Waals surface area contributed by atoms with Gasteiger partial charge in [-0.05, 0) is 25.1 Å². The number of rotatable bonds is 7. The zero-order valence-electron chi connectivity index (χ0n) is 15.6. The van der Waals surface area contributed by atoms with Crippen LogP contribution in [-0.2, 0) is 9.53 Å². The number of hydrogen-bond acceptors (Lipinski definition) is 8. The van der Waals surface area contributed by atoms with E-state index in [0.29, 0.717) is 29.1 Å². The minimum absolute atomic E-state index is 0.170. The molecule has 29 heavy (non-hydrogen) atoms. The maximum atomic E-state index is 11.5. The van der Waals surface area contributed by atoms with Gasteiger partial charge >= 0.3 is 5.97 Å². The van der Waals surface area contributed by atoms with Gasteiger partial charge in [-0.3, -0.25) is 0 Å². The van der Waals surface area contributed by atoms with Crippen molar-refractivity contribution >= 4 is 40.2 Å². The fraction of sp³-hybridized carbons (Fsp3) is 0.150. The lowest BCUT2D eigenvalue weighted by molar-refractivity contribution is -0.145. The minimum atomic E-state index is -0.427. The largest absolute Gasteiger partial charge is 0.481 e. The van der Waals surface area contributed by atoms with E-state index < -0.39 is 5.97 Å². The Morgan fingerprint density at radius 1 is 1.17 bits per heavy atom. The van der Waals surface area contributed by atoms with Crippen LogP contribution in [0, 0.1) is 0 Å². The topological polar surface area (TPSA) is 114 Å². The van der Waals surface area contributed by atoms with Crippen LogP contribution in [0.2, 0.25) is 0 Å². The van der Waals surface area contributed by atoms with E-state index in [4.69, 9.17) is 9.47 Å². The first-order valence-corrected chi connectivity index (χ1v) is 9.02. The van der Waals surface area contributed by atoms with Crippen molar-refractivity contribution in [1.82, 2.24) is 20.2 Å². The zero-order valence-corrected chi connectivity index (χ0v) is 15.6. The van der Waals surface area contributed by atoms with Crippen molar-refractivity contribution in [2.24, 2.45) is 5.10 Å². The molecule has 0 aliphatic rings. The van der Waals surface area contributed by atoms with Gasteiger partial charge in [0.15, 0.2) is 12.3 Å². The molecular formula is C20H18N6O3. The summed E-state index contributed by atoms with van der Waals surface area (Å²) in [5.74, 6) is 0.338.